The lowest BCUT2D eigenvalue weighted by molar-refractivity contribution is 0.0527. The molecule has 6 nitrogen and oxygen atoms in total. The number of carbonyl (C=O) groups is 1. The molecule has 2 aromatic heterocycles. The van der Waals surface area contributed by atoms with Crippen LogP contribution in [0.4, 0.5) is 14.6 Å². The summed E-state index contributed by atoms with van der Waals surface area (Å²) in [5.41, 5.74) is 1.88. The predicted octanol–water partition coefficient (Wildman–Crippen LogP) is 4.57. The molecule has 1 unspecified atom stereocenters. The number of para-hydroxylation sites is 1. The summed E-state index contributed by atoms with van der Waals surface area (Å²) in [6, 6.07) is 11.9. The fraction of sp³-hybridized carbons (Fsp3) is 0.292. The molecule has 1 amide bonds. The maximum atomic E-state index is 13.1. The van der Waals surface area contributed by atoms with E-state index in [-0.39, 0.29) is 18.2 Å². The lowest BCUT2D eigenvalue weighted by Crippen LogP contribution is -2.25. The molecular formula is C24H23F2N3O3. The summed E-state index contributed by atoms with van der Waals surface area (Å²) in [6.07, 6.45) is 1.03. The smallest absolute Gasteiger partial charge is 0.272 e. The van der Waals surface area contributed by atoms with E-state index in [9.17, 15) is 18.7 Å². The third kappa shape index (κ3) is 4.05. The summed E-state index contributed by atoms with van der Waals surface area (Å²) in [5, 5.41) is 10.4. The molecular weight excluding hydrogens is 416 g/mol. The number of benzene rings is 1. The van der Waals surface area contributed by atoms with Crippen LogP contribution >= 0.6 is 0 Å². The van der Waals surface area contributed by atoms with Gasteiger partial charge in [0, 0.05) is 34.6 Å². The number of aliphatic hydroxyl groups is 1. The van der Waals surface area contributed by atoms with Gasteiger partial charge in [-0.1, -0.05) is 25.1 Å². The van der Waals surface area contributed by atoms with Gasteiger partial charge in [-0.25, -0.2) is 13.8 Å². The molecule has 0 fully saturated rings. The number of fused-ring (bicyclic) bond motifs is 1. The molecule has 0 saturated heterocycles. The molecule has 166 valence electrons. The second-order valence-corrected chi connectivity index (χ2v) is 7.81. The quantitative estimate of drug-likeness (QED) is 0.584. The largest absolute Gasteiger partial charge is 0.487 e. The van der Waals surface area contributed by atoms with Gasteiger partial charge in [-0.3, -0.25) is 14.7 Å². The number of alkyl halides is 2. The second-order valence-electron chi connectivity index (χ2n) is 7.81. The zero-order chi connectivity index (χ0) is 22.9. The van der Waals surface area contributed by atoms with E-state index in [1.54, 1.807) is 55.6 Å². The Kier molecular flexibility index (Phi) is 5.88. The number of anilines is 1. The van der Waals surface area contributed by atoms with E-state index in [1.807, 2.05) is 6.92 Å². The predicted molar refractivity (Wildman–Crippen MR) is 116 cm³/mol. The minimum atomic E-state index is -2.60. The van der Waals surface area contributed by atoms with Gasteiger partial charge in [-0.05, 0) is 37.6 Å². The van der Waals surface area contributed by atoms with Crippen LogP contribution in [0, 0.1) is 0 Å². The fourth-order valence-electron chi connectivity index (χ4n) is 3.65. The zero-order valence-electron chi connectivity index (χ0n) is 17.8. The van der Waals surface area contributed by atoms with Crippen molar-refractivity contribution < 1.29 is 23.4 Å². The van der Waals surface area contributed by atoms with Crippen molar-refractivity contribution in [2.45, 2.75) is 38.8 Å². The number of rotatable bonds is 7. The first kappa shape index (κ1) is 21.8. The molecule has 0 aliphatic carbocycles. The molecule has 4 rings (SSSR count). The molecule has 0 saturated carbocycles. The Morgan fingerprint density at radius 2 is 1.94 bits per heavy atom. The van der Waals surface area contributed by atoms with Crippen molar-refractivity contribution >= 4 is 11.7 Å². The molecule has 8 heteroatoms. The molecule has 0 spiro atoms. The van der Waals surface area contributed by atoms with Gasteiger partial charge in [0.1, 0.15) is 18.2 Å². The highest BCUT2D eigenvalue weighted by Crippen LogP contribution is 2.37. The van der Waals surface area contributed by atoms with Gasteiger partial charge >= 0.3 is 0 Å². The van der Waals surface area contributed by atoms with Gasteiger partial charge in [0.2, 0.25) is 0 Å². The number of hydrogen-bond acceptors (Lipinski definition) is 5. The monoisotopic (exact) mass is 439 g/mol. The van der Waals surface area contributed by atoms with E-state index in [2.05, 4.69) is 9.97 Å². The van der Waals surface area contributed by atoms with Gasteiger partial charge in [-0.15, -0.1) is 0 Å². The zero-order valence-corrected chi connectivity index (χ0v) is 17.8. The summed E-state index contributed by atoms with van der Waals surface area (Å²) in [4.78, 5) is 23.5. The number of nitrogens with zero attached hydrogens (tertiary/aromatic N) is 3. The average Bonchev–Trinajstić information content (AvgIpc) is 3.14. The summed E-state index contributed by atoms with van der Waals surface area (Å²) in [5.74, 6) is 0.510. The Labute approximate surface area is 184 Å². The van der Waals surface area contributed by atoms with Gasteiger partial charge < -0.3 is 9.84 Å². The Bertz CT molecular complexity index is 1130. The molecule has 1 aliphatic heterocycles. The van der Waals surface area contributed by atoms with Crippen LogP contribution in [-0.2, 0) is 12.1 Å². The van der Waals surface area contributed by atoms with Crippen molar-refractivity contribution in [2.24, 2.45) is 0 Å². The van der Waals surface area contributed by atoms with Gasteiger partial charge in [-0.2, -0.15) is 0 Å². The normalized spacial score (nSPS) is 15.1. The maximum Gasteiger partial charge on any atom is 0.272 e. The second kappa shape index (κ2) is 8.63. The van der Waals surface area contributed by atoms with Crippen LogP contribution in [-0.4, -0.2) is 34.0 Å². The Morgan fingerprint density at radius 1 is 1.16 bits per heavy atom. The highest BCUT2D eigenvalue weighted by molar-refractivity contribution is 6.10. The summed E-state index contributed by atoms with van der Waals surface area (Å²) >= 11 is 0. The van der Waals surface area contributed by atoms with Crippen LogP contribution < -0.4 is 9.64 Å². The first-order chi connectivity index (χ1) is 15.3. The minimum absolute atomic E-state index is 0.225. The molecule has 1 atom stereocenters. The Morgan fingerprint density at radius 3 is 2.62 bits per heavy atom. The molecule has 1 N–H and O–H groups in total. The first-order valence-electron chi connectivity index (χ1n) is 10.3. The fourth-order valence-corrected chi connectivity index (χ4v) is 3.65. The molecule has 1 aromatic carbocycles. The van der Waals surface area contributed by atoms with Gasteiger partial charge in [0.05, 0.1) is 17.8 Å². The average molecular weight is 439 g/mol. The lowest BCUT2D eigenvalue weighted by atomic mass is 9.95. The highest BCUT2D eigenvalue weighted by Gasteiger charge is 2.33. The van der Waals surface area contributed by atoms with Crippen molar-refractivity contribution in [3.63, 3.8) is 0 Å². The molecule has 0 bridgehead atoms. The van der Waals surface area contributed by atoms with E-state index >= 15 is 0 Å². The number of ether oxygens (including phenoxy) is 1. The van der Waals surface area contributed by atoms with E-state index in [1.165, 1.54) is 11.1 Å². The Balaban J connectivity index is 1.67. The number of hydrogen-bond donors (Lipinski definition) is 1. The van der Waals surface area contributed by atoms with Crippen LogP contribution in [0.2, 0.25) is 0 Å². The maximum absolute atomic E-state index is 13.1. The molecule has 3 aromatic rings. The van der Waals surface area contributed by atoms with Crippen molar-refractivity contribution in [3.8, 4) is 17.0 Å². The highest BCUT2D eigenvalue weighted by atomic mass is 19.3. The van der Waals surface area contributed by atoms with Gasteiger partial charge in [0.15, 0.2) is 0 Å². The molecule has 0 radical (unpaired) electrons. The summed E-state index contributed by atoms with van der Waals surface area (Å²) in [6.45, 7) is 3.10. The number of pyridine rings is 2. The van der Waals surface area contributed by atoms with E-state index in [0.717, 1.165) is 0 Å². The SMILES string of the molecule is CCC(C)(O)c1ccc(N2Cc3c(ccnc3-c3ccccc3OCC(F)F)C2=O)nc1. The Hall–Kier alpha value is -3.39. The van der Waals surface area contributed by atoms with E-state index < -0.39 is 18.6 Å². The standard InChI is InChI=1S/C24H23F2N3O3/c1-3-24(2,31)15-8-9-21(28-12-15)29-13-18-16(23(29)30)10-11-27-22(18)17-6-4-5-7-19(17)32-14-20(25)26/h4-12,20,31H,3,13-14H2,1-2H3. The van der Waals surface area contributed by atoms with Crippen LogP contribution in [0.15, 0.2) is 54.9 Å². The topological polar surface area (TPSA) is 75.6 Å². The van der Waals surface area contributed by atoms with Crippen molar-refractivity contribution in [1.82, 2.24) is 9.97 Å². The van der Waals surface area contributed by atoms with Crippen molar-refractivity contribution in [3.05, 3.63) is 71.5 Å². The molecule has 32 heavy (non-hydrogen) atoms. The number of carbonyl (C=O) groups excluding carboxylic acids is 1. The summed E-state index contributed by atoms with van der Waals surface area (Å²) in [7, 11) is 0. The van der Waals surface area contributed by atoms with Gasteiger partial charge in [0.25, 0.3) is 12.3 Å². The molecule has 1 aliphatic rings. The molecule has 3 heterocycles. The third-order valence-electron chi connectivity index (χ3n) is 5.69. The lowest BCUT2D eigenvalue weighted by Gasteiger charge is -2.22. The van der Waals surface area contributed by atoms with Crippen molar-refractivity contribution in [2.75, 3.05) is 11.5 Å². The number of halogens is 2. The van der Waals surface area contributed by atoms with Crippen LogP contribution in [0.25, 0.3) is 11.3 Å². The third-order valence-corrected chi connectivity index (χ3v) is 5.69. The summed E-state index contributed by atoms with van der Waals surface area (Å²) < 4.78 is 30.6. The van der Waals surface area contributed by atoms with Crippen LogP contribution in [0.1, 0.15) is 41.8 Å². The van der Waals surface area contributed by atoms with Crippen LogP contribution in [0.3, 0.4) is 0 Å². The van der Waals surface area contributed by atoms with E-state index in [4.69, 9.17) is 4.74 Å². The van der Waals surface area contributed by atoms with Crippen LogP contribution in [0.5, 0.6) is 5.75 Å². The number of aromatic nitrogens is 2. The minimum Gasteiger partial charge on any atom is -0.487 e. The van der Waals surface area contributed by atoms with E-state index in [0.29, 0.717) is 40.2 Å². The van der Waals surface area contributed by atoms with Crippen molar-refractivity contribution in [1.29, 1.82) is 0 Å². The number of amides is 1. The first-order valence-corrected chi connectivity index (χ1v) is 10.3.